The van der Waals surface area contributed by atoms with Crippen LogP contribution in [-0.4, -0.2) is 35.2 Å². The lowest BCUT2D eigenvalue weighted by Crippen LogP contribution is -2.12. The predicted octanol–water partition coefficient (Wildman–Crippen LogP) is 2.27. The molecule has 0 aromatic carbocycles. The van der Waals surface area contributed by atoms with Crippen molar-refractivity contribution in [3.8, 4) is 11.4 Å². The minimum absolute atomic E-state index is 0.574. The number of aromatic nitrogens is 7. The van der Waals surface area contributed by atoms with E-state index in [4.69, 9.17) is 0 Å². The molecular weight excluding hydrogens is 266 g/mol. The Morgan fingerprint density at radius 2 is 2.05 bits per heavy atom. The van der Waals surface area contributed by atoms with E-state index in [0.717, 1.165) is 11.2 Å². The Morgan fingerprint density at radius 1 is 1.19 bits per heavy atom. The Hall–Kier alpha value is -2.31. The third kappa shape index (κ3) is 2.00. The molecule has 3 aromatic rings. The molecule has 1 saturated carbocycles. The second-order valence-electron chi connectivity index (χ2n) is 5.70. The number of fused-ring (bicyclic) bond motifs is 1. The zero-order valence-corrected chi connectivity index (χ0v) is 12.0. The normalized spacial score (nSPS) is 16.6. The summed E-state index contributed by atoms with van der Waals surface area (Å²) in [5.41, 5.74) is 4.16. The van der Waals surface area contributed by atoms with Crippen molar-refractivity contribution in [1.82, 2.24) is 35.2 Å². The molecule has 0 saturated heterocycles. The van der Waals surface area contributed by atoms with Gasteiger partial charge in [-0.3, -0.25) is 0 Å². The maximum absolute atomic E-state index is 4.55. The van der Waals surface area contributed by atoms with Gasteiger partial charge in [-0.2, -0.15) is 5.10 Å². The predicted molar refractivity (Wildman–Crippen MR) is 76.7 cm³/mol. The molecule has 1 fully saturated rings. The van der Waals surface area contributed by atoms with Crippen molar-refractivity contribution in [3.05, 3.63) is 23.7 Å². The Labute approximate surface area is 121 Å². The Morgan fingerprint density at radius 3 is 2.81 bits per heavy atom. The van der Waals surface area contributed by atoms with E-state index in [-0.39, 0.29) is 0 Å². The molecule has 0 bridgehead atoms. The van der Waals surface area contributed by atoms with Gasteiger partial charge in [-0.15, -0.1) is 5.10 Å². The van der Waals surface area contributed by atoms with Crippen LogP contribution in [0.4, 0.5) is 0 Å². The van der Waals surface area contributed by atoms with Crippen LogP contribution in [0.15, 0.2) is 12.4 Å². The van der Waals surface area contributed by atoms with E-state index in [1.807, 2.05) is 10.7 Å². The highest BCUT2D eigenvalue weighted by Crippen LogP contribution is 2.35. The smallest absolute Gasteiger partial charge is 0.184 e. The van der Waals surface area contributed by atoms with Gasteiger partial charge in [-0.1, -0.05) is 19.3 Å². The first kappa shape index (κ1) is 12.4. The van der Waals surface area contributed by atoms with Crippen LogP contribution in [0.5, 0.6) is 0 Å². The zero-order valence-electron chi connectivity index (χ0n) is 12.0. The molecule has 3 aromatic heterocycles. The maximum atomic E-state index is 4.55. The fourth-order valence-electron chi connectivity index (χ4n) is 3.34. The molecule has 4 rings (SSSR count). The van der Waals surface area contributed by atoms with Crippen molar-refractivity contribution in [2.75, 3.05) is 0 Å². The van der Waals surface area contributed by atoms with Gasteiger partial charge < -0.3 is 0 Å². The molecule has 108 valence electrons. The van der Waals surface area contributed by atoms with Crippen molar-refractivity contribution in [2.45, 2.75) is 44.9 Å². The van der Waals surface area contributed by atoms with Crippen LogP contribution in [0.2, 0.25) is 0 Å². The van der Waals surface area contributed by atoms with Crippen LogP contribution in [0.25, 0.3) is 17.0 Å². The molecule has 0 amide bonds. The monoisotopic (exact) mass is 283 g/mol. The quantitative estimate of drug-likeness (QED) is 0.779. The third-order valence-electron chi connectivity index (χ3n) is 4.35. The number of hydrogen-bond donors (Lipinski definition) is 1. The standard InChI is InChI=1S/C14H17N7/c1-9-7-15-14-11(13-17-19-20-18-13)8-16-21(14)12(9)10-5-3-2-4-6-10/h7-8,10H,2-6H2,1H3,(H,17,18,19,20). The lowest BCUT2D eigenvalue weighted by molar-refractivity contribution is 0.429. The molecule has 0 spiro atoms. The molecule has 0 aliphatic heterocycles. The van der Waals surface area contributed by atoms with E-state index < -0.39 is 0 Å². The average Bonchev–Trinajstić information content (AvgIpc) is 3.16. The van der Waals surface area contributed by atoms with Crippen LogP contribution in [0.3, 0.4) is 0 Å². The molecule has 0 unspecified atom stereocenters. The molecule has 0 atom stereocenters. The average molecular weight is 283 g/mol. The fraction of sp³-hybridized carbons (Fsp3) is 0.500. The van der Waals surface area contributed by atoms with Gasteiger partial charge in [0, 0.05) is 12.1 Å². The number of aryl methyl sites for hydroxylation is 1. The Kier molecular flexibility index (Phi) is 2.90. The maximum Gasteiger partial charge on any atom is 0.184 e. The molecule has 21 heavy (non-hydrogen) atoms. The van der Waals surface area contributed by atoms with E-state index in [1.165, 1.54) is 43.4 Å². The number of hydrogen-bond acceptors (Lipinski definition) is 5. The van der Waals surface area contributed by atoms with Gasteiger partial charge in [0.05, 0.1) is 17.5 Å². The molecule has 7 heteroatoms. The molecular formula is C14H17N7. The number of nitrogens with one attached hydrogen (secondary N) is 1. The number of rotatable bonds is 2. The zero-order chi connectivity index (χ0) is 14.2. The van der Waals surface area contributed by atoms with Crippen LogP contribution < -0.4 is 0 Å². The van der Waals surface area contributed by atoms with Crippen molar-refractivity contribution >= 4 is 5.65 Å². The molecule has 1 aliphatic carbocycles. The molecule has 1 N–H and O–H groups in total. The van der Waals surface area contributed by atoms with Crippen LogP contribution in [0, 0.1) is 6.92 Å². The summed E-state index contributed by atoms with van der Waals surface area (Å²) in [6, 6.07) is 0. The van der Waals surface area contributed by atoms with Gasteiger partial charge in [0.25, 0.3) is 0 Å². The van der Waals surface area contributed by atoms with E-state index in [1.54, 1.807) is 6.20 Å². The van der Waals surface area contributed by atoms with Crippen molar-refractivity contribution in [1.29, 1.82) is 0 Å². The van der Waals surface area contributed by atoms with E-state index in [0.29, 0.717) is 11.7 Å². The van der Waals surface area contributed by atoms with Gasteiger partial charge in [0.2, 0.25) is 0 Å². The van der Waals surface area contributed by atoms with Crippen LogP contribution in [-0.2, 0) is 0 Å². The minimum Gasteiger partial charge on any atom is -0.239 e. The first-order valence-corrected chi connectivity index (χ1v) is 7.42. The molecule has 0 radical (unpaired) electrons. The first-order valence-electron chi connectivity index (χ1n) is 7.42. The second-order valence-corrected chi connectivity index (χ2v) is 5.70. The topological polar surface area (TPSA) is 84.6 Å². The lowest BCUT2D eigenvalue weighted by atomic mass is 9.85. The van der Waals surface area contributed by atoms with E-state index in [2.05, 4.69) is 37.6 Å². The first-order chi connectivity index (χ1) is 10.3. The summed E-state index contributed by atoms with van der Waals surface area (Å²) in [5.74, 6) is 1.18. The van der Waals surface area contributed by atoms with Gasteiger partial charge in [0.15, 0.2) is 11.5 Å². The third-order valence-corrected chi connectivity index (χ3v) is 4.35. The fourth-order valence-corrected chi connectivity index (χ4v) is 3.34. The molecule has 7 nitrogen and oxygen atoms in total. The second kappa shape index (κ2) is 4.91. The summed E-state index contributed by atoms with van der Waals surface area (Å²) in [7, 11) is 0. The van der Waals surface area contributed by atoms with Crippen molar-refractivity contribution < 1.29 is 0 Å². The largest absolute Gasteiger partial charge is 0.239 e. The number of H-pyrrole nitrogens is 1. The highest BCUT2D eigenvalue weighted by atomic mass is 15.5. The summed E-state index contributed by atoms with van der Waals surface area (Å²) in [6.45, 7) is 2.12. The van der Waals surface area contributed by atoms with E-state index >= 15 is 0 Å². The molecule has 1 aliphatic rings. The van der Waals surface area contributed by atoms with Crippen molar-refractivity contribution in [3.63, 3.8) is 0 Å². The Bertz CT molecular complexity index is 753. The van der Waals surface area contributed by atoms with Gasteiger partial charge >= 0.3 is 0 Å². The van der Waals surface area contributed by atoms with Crippen LogP contribution in [0.1, 0.15) is 49.3 Å². The van der Waals surface area contributed by atoms with Gasteiger partial charge in [-0.25, -0.2) is 14.6 Å². The molecule has 3 heterocycles. The summed E-state index contributed by atoms with van der Waals surface area (Å²) in [6.07, 6.45) is 10.1. The van der Waals surface area contributed by atoms with Crippen molar-refractivity contribution in [2.24, 2.45) is 0 Å². The summed E-state index contributed by atoms with van der Waals surface area (Å²) < 4.78 is 1.98. The van der Waals surface area contributed by atoms with E-state index in [9.17, 15) is 0 Å². The lowest BCUT2D eigenvalue weighted by Gasteiger charge is -2.23. The Balaban J connectivity index is 1.88. The van der Waals surface area contributed by atoms with Gasteiger partial charge in [0.1, 0.15) is 0 Å². The SMILES string of the molecule is Cc1cnc2c(-c3nnn[nH]3)cnn2c1C1CCCCC1. The van der Waals surface area contributed by atoms with Gasteiger partial charge in [-0.05, 0) is 35.8 Å². The number of nitrogens with zero attached hydrogens (tertiary/aromatic N) is 6. The summed E-state index contributed by atoms with van der Waals surface area (Å²) >= 11 is 0. The highest BCUT2D eigenvalue weighted by Gasteiger charge is 2.22. The summed E-state index contributed by atoms with van der Waals surface area (Å²) in [5, 5.41) is 18.6. The highest BCUT2D eigenvalue weighted by molar-refractivity contribution is 5.71. The minimum atomic E-state index is 0.574. The number of tetrazole rings is 1. The summed E-state index contributed by atoms with van der Waals surface area (Å²) in [4.78, 5) is 4.54. The number of aromatic amines is 1. The van der Waals surface area contributed by atoms with Crippen LogP contribution >= 0.6 is 0 Å².